The molecule has 0 spiro atoms. The molecule has 0 saturated heterocycles. The highest BCUT2D eigenvalue weighted by atomic mass is 16.5. The van der Waals surface area contributed by atoms with Crippen molar-refractivity contribution in [3.05, 3.63) is 59.7 Å². The van der Waals surface area contributed by atoms with Crippen molar-refractivity contribution in [3.8, 4) is 11.5 Å². The lowest BCUT2D eigenvalue weighted by molar-refractivity contribution is 0.0630. The Morgan fingerprint density at radius 3 is 2.58 bits per heavy atom. The summed E-state index contributed by atoms with van der Waals surface area (Å²) in [5.74, 6) is 1.81. The molecular weight excluding hydrogens is 236 g/mol. The fraction of sp³-hybridized carbons (Fsp3) is 0.294. The fourth-order valence-electron chi connectivity index (χ4n) is 2.65. The van der Waals surface area contributed by atoms with Crippen molar-refractivity contribution in [1.29, 1.82) is 0 Å². The van der Waals surface area contributed by atoms with Gasteiger partial charge in [0, 0.05) is 11.0 Å². The molecule has 2 heteroatoms. The second-order valence-corrected chi connectivity index (χ2v) is 5.58. The molecule has 0 bridgehead atoms. The van der Waals surface area contributed by atoms with Crippen LogP contribution in [0.5, 0.6) is 11.5 Å². The largest absolute Gasteiger partial charge is 0.457 e. The number of ether oxygens (including phenoxy) is 2. The molecule has 2 nitrogen and oxygen atoms in total. The van der Waals surface area contributed by atoms with Crippen molar-refractivity contribution in [3.63, 3.8) is 0 Å². The molecule has 0 radical (unpaired) electrons. The molecule has 0 unspecified atom stereocenters. The molecule has 98 valence electrons. The van der Waals surface area contributed by atoms with E-state index in [1.165, 1.54) is 11.1 Å². The lowest BCUT2D eigenvalue weighted by Gasteiger charge is -2.33. The summed E-state index contributed by atoms with van der Waals surface area (Å²) in [6.45, 7) is 5.80. The second-order valence-electron chi connectivity index (χ2n) is 5.58. The molecule has 1 heterocycles. The van der Waals surface area contributed by atoms with Crippen molar-refractivity contribution in [2.75, 3.05) is 6.61 Å². The minimum atomic E-state index is -0.0149. The molecule has 3 rings (SSSR count). The third-order valence-electron chi connectivity index (χ3n) is 3.48. The van der Waals surface area contributed by atoms with Crippen LogP contribution in [0, 0.1) is 0 Å². The zero-order valence-electron chi connectivity index (χ0n) is 11.3. The van der Waals surface area contributed by atoms with Crippen LogP contribution in [0.15, 0.2) is 48.5 Å². The quantitative estimate of drug-likeness (QED) is 0.796. The van der Waals surface area contributed by atoms with Crippen molar-refractivity contribution in [1.82, 2.24) is 0 Å². The Morgan fingerprint density at radius 2 is 1.79 bits per heavy atom. The van der Waals surface area contributed by atoms with E-state index in [9.17, 15) is 0 Å². The normalized spacial score (nSPS) is 16.7. The molecule has 0 saturated carbocycles. The first-order valence-corrected chi connectivity index (χ1v) is 6.60. The third-order valence-corrected chi connectivity index (χ3v) is 3.48. The monoisotopic (exact) mass is 254 g/mol. The number of rotatable bonds is 2. The number of para-hydroxylation sites is 1. The molecule has 19 heavy (non-hydrogen) atoms. The Morgan fingerprint density at radius 1 is 1.00 bits per heavy atom. The Labute approximate surface area is 114 Å². The van der Waals surface area contributed by atoms with Gasteiger partial charge >= 0.3 is 0 Å². The van der Waals surface area contributed by atoms with E-state index in [-0.39, 0.29) is 5.41 Å². The SMILES string of the molecule is CC1(C)COCc2cccc(Oc3ccccc3)c21. The van der Waals surface area contributed by atoms with Crippen molar-refractivity contribution >= 4 is 0 Å². The fourth-order valence-corrected chi connectivity index (χ4v) is 2.65. The van der Waals surface area contributed by atoms with E-state index < -0.39 is 0 Å². The first kappa shape index (κ1) is 12.2. The van der Waals surface area contributed by atoms with Gasteiger partial charge in [0.2, 0.25) is 0 Å². The van der Waals surface area contributed by atoms with E-state index >= 15 is 0 Å². The maximum absolute atomic E-state index is 6.06. The van der Waals surface area contributed by atoms with Crippen LogP contribution in [0.25, 0.3) is 0 Å². The third kappa shape index (κ3) is 2.36. The van der Waals surface area contributed by atoms with Gasteiger partial charge in [-0.1, -0.05) is 44.2 Å². The van der Waals surface area contributed by atoms with Crippen molar-refractivity contribution < 1.29 is 9.47 Å². The zero-order valence-corrected chi connectivity index (χ0v) is 11.3. The molecule has 0 fully saturated rings. The molecule has 0 N–H and O–H groups in total. The maximum Gasteiger partial charge on any atom is 0.131 e. The van der Waals surface area contributed by atoms with Crippen LogP contribution < -0.4 is 4.74 Å². The summed E-state index contributed by atoms with van der Waals surface area (Å²) < 4.78 is 11.7. The lowest BCUT2D eigenvalue weighted by Crippen LogP contribution is -2.30. The standard InChI is InChI=1S/C17H18O2/c1-17(2)12-18-11-13-7-6-10-15(16(13)17)19-14-8-4-3-5-9-14/h3-10H,11-12H2,1-2H3. The van der Waals surface area contributed by atoms with E-state index in [2.05, 4.69) is 19.9 Å². The van der Waals surface area contributed by atoms with Gasteiger partial charge in [0.15, 0.2) is 0 Å². The van der Waals surface area contributed by atoms with Crippen LogP contribution in [-0.4, -0.2) is 6.61 Å². The number of hydrogen-bond donors (Lipinski definition) is 0. The summed E-state index contributed by atoms with van der Waals surface area (Å²) in [6, 6.07) is 16.1. The smallest absolute Gasteiger partial charge is 0.131 e. The first-order chi connectivity index (χ1) is 9.17. The topological polar surface area (TPSA) is 18.5 Å². The number of hydrogen-bond acceptors (Lipinski definition) is 2. The van der Waals surface area contributed by atoms with Gasteiger partial charge in [-0.2, -0.15) is 0 Å². The molecular formula is C17H18O2. The van der Waals surface area contributed by atoms with Gasteiger partial charge in [0.1, 0.15) is 11.5 Å². The highest BCUT2D eigenvalue weighted by molar-refractivity contribution is 5.48. The highest BCUT2D eigenvalue weighted by Crippen LogP contribution is 2.40. The summed E-state index contributed by atoms with van der Waals surface area (Å²) in [4.78, 5) is 0. The van der Waals surface area contributed by atoms with Gasteiger partial charge in [-0.25, -0.2) is 0 Å². The van der Waals surface area contributed by atoms with Crippen LogP contribution in [0.2, 0.25) is 0 Å². The van der Waals surface area contributed by atoms with Crippen molar-refractivity contribution in [2.45, 2.75) is 25.9 Å². The Kier molecular flexibility index (Phi) is 3.03. The molecule has 0 amide bonds. The van der Waals surface area contributed by atoms with Gasteiger partial charge in [0.25, 0.3) is 0 Å². The van der Waals surface area contributed by atoms with E-state index in [1.54, 1.807) is 0 Å². The van der Waals surface area contributed by atoms with Gasteiger partial charge in [-0.15, -0.1) is 0 Å². The van der Waals surface area contributed by atoms with Crippen LogP contribution in [0.4, 0.5) is 0 Å². The Bertz CT molecular complexity index is 573. The average molecular weight is 254 g/mol. The Balaban J connectivity index is 2.03. The van der Waals surface area contributed by atoms with Gasteiger partial charge < -0.3 is 9.47 Å². The van der Waals surface area contributed by atoms with Crippen LogP contribution in [0.3, 0.4) is 0 Å². The van der Waals surface area contributed by atoms with E-state index in [0.717, 1.165) is 18.1 Å². The first-order valence-electron chi connectivity index (χ1n) is 6.60. The second kappa shape index (κ2) is 4.71. The van der Waals surface area contributed by atoms with Gasteiger partial charge in [-0.3, -0.25) is 0 Å². The summed E-state index contributed by atoms with van der Waals surface area (Å²) in [6.07, 6.45) is 0. The summed E-state index contributed by atoms with van der Waals surface area (Å²) >= 11 is 0. The minimum absolute atomic E-state index is 0.0149. The predicted octanol–water partition coefficient (Wildman–Crippen LogP) is 4.29. The minimum Gasteiger partial charge on any atom is -0.457 e. The van der Waals surface area contributed by atoms with Crippen LogP contribution >= 0.6 is 0 Å². The summed E-state index contributed by atoms with van der Waals surface area (Å²) in [7, 11) is 0. The average Bonchev–Trinajstić information content (AvgIpc) is 2.39. The predicted molar refractivity (Wildman–Crippen MR) is 75.6 cm³/mol. The molecule has 1 aliphatic heterocycles. The van der Waals surface area contributed by atoms with E-state index in [0.29, 0.717) is 6.61 Å². The zero-order chi connectivity index (χ0) is 13.3. The molecule has 0 aromatic heterocycles. The number of benzene rings is 2. The van der Waals surface area contributed by atoms with Crippen LogP contribution in [-0.2, 0) is 16.8 Å². The highest BCUT2D eigenvalue weighted by Gasteiger charge is 2.31. The number of fused-ring (bicyclic) bond motifs is 1. The van der Waals surface area contributed by atoms with E-state index in [1.807, 2.05) is 42.5 Å². The summed E-state index contributed by atoms with van der Waals surface area (Å²) in [5, 5.41) is 0. The van der Waals surface area contributed by atoms with Gasteiger partial charge in [-0.05, 0) is 23.8 Å². The molecule has 1 aliphatic rings. The Hall–Kier alpha value is -1.80. The molecule has 2 aromatic carbocycles. The lowest BCUT2D eigenvalue weighted by atomic mass is 9.80. The molecule has 0 atom stereocenters. The summed E-state index contributed by atoms with van der Waals surface area (Å²) in [5.41, 5.74) is 2.48. The maximum atomic E-state index is 6.06. The van der Waals surface area contributed by atoms with Gasteiger partial charge in [0.05, 0.1) is 13.2 Å². The van der Waals surface area contributed by atoms with E-state index in [4.69, 9.17) is 9.47 Å². The molecule has 0 aliphatic carbocycles. The molecule has 2 aromatic rings. The van der Waals surface area contributed by atoms with Crippen LogP contribution in [0.1, 0.15) is 25.0 Å². The van der Waals surface area contributed by atoms with Crippen molar-refractivity contribution in [2.24, 2.45) is 0 Å².